The molecule has 162 valence electrons. The van der Waals surface area contributed by atoms with Crippen molar-refractivity contribution < 1.29 is 4.79 Å². The second-order valence-corrected chi connectivity index (χ2v) is 8.85. The van der Waals surface area contributed by atoms with E-state index in [4.69, 9.17) is 5.73 Å². The van der Waals surface area contributed by atoms with Crippen LogP contribution < -0.4 is 10.6 Å². The van der Waals surface area contributed by atoms with Gasteiger partial charge < -0.3 is 10.6 Å². The zero-order valence-corrected chi connectivity index (χ0v) is 19.4. The summed E-state index contributed by atoms with van der Waals surface area (Å²) in [6, 6.07) is 24.4. The molecule has 1 atom stereocenters. The molecule has 1 unspecified atom stereocenters. The highest BCUT2D eigenvalue weighted by molar-refractivity contribution is 6.01. The van der Waals surface area contributed by atoms with E-state index in [-0.39, 0.29) is 11.8 Å². The number of carbonyl (C=O) groups is 1. The van der Waals surface area contributed by atoms with Crippen molar-refractivity contribution in [2.24, 2.45) is 11.7 Å². The predicted molar refractivity (Wildman–Crippen MR) is 130 cm³/mol. The molecule has 0 bridgehead atoms. The van der Waals surface area contributed by atoms with Crippen LogP contribution in [0.2, 0.25) is 0 Å². The van der Waals surface area contributed by atoms with Gasteiger partial charge in [0.1, 0.15) is 5.54 Å². The topological polar surface area (TPSA) is 46.3 Å². The molecule has 3 aromatic carbocycles. The summed E-state index contributed by atoms with van der Waals surface area (Å²) in [6.45, 7) is 10.9. The minimum Gasteiger partial charge on any atom is -0.313 e. The van der Waals surface area contributed by atoms with E-state index in [1.165, 1.54) is 16.7 Å². The number of nitrogens with zero attached hydrogens (tertiary/aromatic N) is 1. The van der Waals surface area contributed by atoms with Gasteiger partial charge in [-0.3, -0.25) is 4.79 Å². The third kappa shape index (κ3) is 4.88. The van der Waals surface area contributed by atoms with Gasteiger partial charge in [-0.15, -0.1) is 0 Å². The van der Waals surface area contributed by atoms with Crippen LogP contribution in [-0.4, -0.2) is 12.5 Å². The van der Waals surface area contributed by atoms with Gasteiger partial charge in [-0.1, -0.05) is 80.1 Å². The number of hydrogen-bond donors (Lipinski definition) is 1. The van der Waals surface area contributed by atoms with E-state index < -0.39 is 5.54 Å². The lowest BCUT2D eigenvalue weighted by Crippen LogP contribution is -2.56. The molecule has 0 saturated carbocycles. The Kier molecular flexibility index (Phi) is 6.97. The fourth-order valence-electron chi connectivity index (χ4n) is 3.88. The molecule has 3 rings (SSSR count). The number of amides is 1. The molecule has 0 spiro atoms. The summed E-state index contributed by atoms with van der Waals surface area (Å²) in [5.41, 5.74) is 12.4. The molecule has 1 amide bonds. The molecule has 3 aromatic rings. The van der Waals surface area contributed by atoms with E-state index in [9.17, 15) is 4.79 Å². The van der Waals surface area contributed by atoms with Gasteiger partial charge in [0.2, 0.25) is 0 Å². The first kappa shape index (κ1) is 22.8. The molecule has 0 aliphatic heterocycles. The Morgan fingerprint density at radius 2 is 1.55 bits per heavy atom. The summed E-state index contributed by atoms with van der Waals surface area (Å²) >= 11 is 0. The van der Waals surface area contributed by atoms with Crippen molar-refractivity contribution in [1.82, 2.24) is 0 Å². The van der Waals surface area contributed by atoms with Crippen molar-refractivity contribution in [2.75, 3.05) is 11.4 Å². The molecular weight excluding hydrogens is 380 g/mol. The number of nitrogens with two attached hydrogens (primary N) is 1. The van der Waals surface area contributed by atoms with Gasteiger partial charge in [-0.05, 0) is 67.5 Å². The highest BCUT2D eigenvalue weighted by Crippen LogP contribution is 2.32. The lowest BCUT2D eigenvalue weighted by molar-refractivity contribution is -0.125. The van der Waals surface area contributed by atoms with Gasteiger partial charge in [0.15, 0.2) is 0 Å². The van der Waals surface area contributed by atoms with E-state index in [1.54, 1.807) is 0 Å². The van der Waals surface area contributed by atoms with Gasteiger partial charge in [0, 0.05) is 12.2 Å². The van der Waals surface area contributed by atoms with Gasteiger partial charge in [0.25, 0.3) is 5.91 Å². The Hall–Kier alpha value is -2.91. The smallest absolute Gasteiger partial charge is 0.251 e. The molecule has 0 saturated heterocycles. The average molecular weight is 415 g/mol. The van der Waals surface area contributed by atoms with Crippen LogP contribution >= 0.6 is 0 Å². The maximum absolute atomic E-state index is 14.1. The quantitative estimate of drug-likeness (QED) is 0.539. The van der Waals surface area contributed by atoms with Crippen LogP contribution in [0.4, 0.5) is 5.69 Å². The van der Waals surface area contributed by atoms with Crippen LogP contribution in [0.15, 0.2) is 72.8 Å². The van der Waals surface area contributed by atoms with E-state index in [0.717, 1.165) is 23.2 Å². The second-order valence-electron chi connectivity index (χ2n) is 8.85. The molecule has 2 N–H and O–H groups in total. The number of anilines is 1. The number of carbonyl (C=O) groups excluding carboxylic acids is 1. The Balaban J connectivity index is 2.01. The van der Waals surface area contributed by atoms with Crippen LogP contribution in [0.25, 0.3) is 0 Å². The Bertz CT molecular complexity index is 1020. The van der Waals surface area contributed by atoms with E-state index in [1.807, 2.05) is 55.1 Å². The molecule has 3 heteroatoms. The average Bonchev–Trinajstić information content (AvgIpc) is 2.77. The summed E-state index contributed by atoms with van der Waals surface area (Å²) in [5.74, 6) is -0.125. The van der Waals surface area contributed by atoms with Crippen molar-refractivity contribution in [3.05, 3.63) is 101 Å². The van der Waals surface area contributed by atoms with E-state index in [2.05, 4.69) is 57.2 Å². The molecule has 0 radical (unpaired) electrons. The van der Waals surface area contributed by atoms with Crippen LogP contribution in [0.5, 0.6) is 0 Å². The third-order valence-corrected chi connectivity index (χ3v) is 6.31. The van der Waals surface area contributed by atoms with Gasteiger partial charge in [-0.2, -0.15) is 0 Å². The Morgan fingerprint density at radius 3 is 2.13 bits per heavy atom. The Labute approximate surface area is 186 Å². The predicted octanol–water partition coefficient (Wildman–Crippen LogP) is 5.70. The third-order valence-electron chi connectivity index (χ3n) is 6.31. The van der Waals surface area contributed by atoms with Crippen molar-refractivity contribution in [3.63, 3.8) is 0 Å². The first-order chi connectivity index (χ1) is 14.7. The van der Waals surface area contributed by atoms with E-state index >= 15 is 0 Å². The fraction of sp³-hybridized carbons (Fsp3) is 0.321. The molecule has 0 fully saturated rings. The van der Waals surface area contributed by atoms with Crippen molar-refractivity contribution in [2.45, 2.75) is 46.6 Å². The first-order valence-corrected chi connectivity index (χ1v) is 11.0. The largest absolute Gasteiger partial charge is 0.313 e. The zero-order valence-electron chi connectivity index (χ0n) is 19.4. The summed E-state index contributed by atoms with van der Waals surface area (Å²) < 4.78 is 0. The highest BCUT2D eigenvalue weighted by atomic mass is 16.2. The molecular formula is C28H34N2O. The van der Waals surface area contributed by atoms with Crippen LogP contribution in [0.3, 0.4) is 0 Å². The SMILES string of the molecule is Cc1ccc(CCN(C(=O)C(N)(c2ccccc2)C(C)C)c2ccc(C)c(C)c2)cc1. The van der Waals surface area contributed by atoms with Crippen molar-refractivity contribution >= 4 is 11.6 Å². The number of aryl methyl sites for hydroxylation is 3. The number of rotatable bonds is 7. The molecule has 0 aliphatic rings. The minimum absolute atomic E-state index is 0.0594. The van der Waals surface area contributed by atoms with Crippen molar-refractivity contribution in [1.29, 1.82) is 0 Å². The fourth-order valence-corrected chi connectivity index (χ4v) is 3.88. The summed E-state index contributed by atoms with van der Waals surface area (Å²) in [5, 5.41) is 0. The number of benzene rings is 3. The van der Waals surface area contributed by atoms with Gasteiger partial charge in [-0.25, -0.2) is 0 Å². The highest BCUT2D eigenvalue weighted by Gasteiger charge is 2.42. The lowest BCUT2D eigenvalue weighted by Gasteiger charge is -2.38. The normalized spacial score (nSPS) is 13.1. The summed E-state index contributed by atoms with van der Waals surface area (Å²) in [4.78, 5) is 16.0. The monoisotopic (exact) mass is 414 g/mol. The van der Waals surface area contributed by atoms with Crippen LogP contribution in [0, 0.1) is 26.7 Å². The Morgan fingerprint density at radius 1 is 0.903 bits per heavy atom. The zero-order chi connectivity index (χ0) is 22.6. The van der Waals surface area contributed by atoms with Crippen LogP contribution in [0.1, 0.15) is 41.7 Å². The standard InChI is InChI=1S/C28H34N2O/c1-20(2)28(29,25-9-7-6-8-10-25)27(31)30(26-16-13-22(4)23(5)19-26)18-17-24-14-11-21(3)12-15-24/h6-16,19-20H,17-18,29H2,1-5H3. The van der Waals surface area contributed by atoms with Crippen molar-refractivity contribution in [3.8, 4) is 0 Å². The first-order valence-electron chi connectivity index (χ1n) is 11.0. The van der Waals surface area contributed by atoms with Gasteiger partial charge >= 0.3 is 0 Å². The maximum atomic E-state index is 14.1. The summed E-state index contributed by atoms with van der Waals surface area (Å²) in [7, 11) is 0. The molecule has 0 aromatic heterocycles. The molecule has 3 nitrogen and oxygen atoms in total. The number of hydrogen-bond acceptors (Lipinski definition) is 2. The van der Waals surface area contributed by atoms with Gasteiger partial charge in [0.05, 0.1) is 0 Å². The second kappa shape index (κ2) is 9.49. The summed E-state index contributed by atoms with van der Waals surface area (Å²) in [6.07, 6.45) is 0.766. The molecule has 31 heavy (non-hydrogen) atoms. The minimum atomic E-state index is -1.10. The van der Waals surface area contributed by atoms with E-state index in [0.29, 0.717) is 6.54 Å². The molecule has 0 heterocycles. The lowest BCUT2D eigenvalue weighted by atomic mass is 9.79. The maximum Gasteiger partial charge on any atom is 0.251 e. The molecule has 0 aliphatic carbocycles. The van der Waals surface area contributed by atoms with Crippen LogP contribution in [-0.2, 0) is 16.8 Å².